The van der Waals surface area contributed by atoms with Crippen LogP contribution in [0.25, 0.3) is 0 Å². The SMILES string of the molecule is CCOc1ccc(C(C(=O)O)N2CC(C)CC(C)C2)cc1. The van der Waals surface area contributed by atoms with Crippen LogP contribution in [-0.2, 0) is 4.79 Å². The molecular weight excluding hydrogens is 266 g/mol. The molecule has 0 aliphatic carbocycles. The van der Waals surface area contributed by atoms with E-state index in [-0.39, 0.29) is 0 Å². The molecule has 1 aromatic rings. The Morgan fingerprint density at radius 2 is 1.86 bits per heavy atom. The van der Waals surface area contributed by atoms with E-state index in [1.54, 1.807) is 0 Å². The minimum atomic E-state index is -0.777. The second-order valence-corrected chi connectivity index (χ2v) is 6.14. The third kappa shape index (κ3) is 3.97. The van der Waals surface area contributed by atoms with Crippen LogP contribution in [-0.4, -0.2) is 35.7 Å². The van der Waals surface area contributed by atoms with Crippen LogP contribution in [0, 0.1) is 11.8 Å². The van der Waals surface area contributed by atoms with E-state index in [2.05, 4.69) is 18.7 Å². The number of hydrogen-bond donors (Lipinski definition) is 1. The smallest absolute Gasteiger partial charge is 0.325 e. The van der Waals surface area contributed by atoms with E-state index in [9.17, 15) is 9.90 Å². The van der Waals surface area contributed by atoms with Gasteiger partial charge in [0, 0.05) is 13.1 Å². The maximum absolute atomic E-state index is 11.8. The third-order valence-electron chi connectivity index (χ3n) is 4.00. The van der Waals surface area contributed by atoms with Gasteiger partial charge in [-0.15, -0.1) is 0 Å². The van der Waals surface area contributed by atoms with Crippen molar-refractivity contribution in [2.45, 2.75) is 33.2 Å². The van der Waals surface area contributed by atoms with Crippen molar-refractivity contribution >= 4 is 5.97 Å². The van der Waals surface area contributed by atoms with Gasteiger partial charge in [-0.3, -0.25) is 9.69 Å². The van der Waals surface area contributed by atoms with E-state index < -0.39 is 12.0 Å². The first-order valence-corrected chi connectivity index (χ1v) is 7.70. The van der Waals surface area contributed by atoms with Crippen LogP contribution in [0.4, 0.5) is 0 Å². The fraction of sp³-hybridized carbons (Fsp3) is 0.588. The summed E-state index contributed by atoms with van der Waals surface area (Å²) in [6.07, 6.45) is 1.17. The molecular formula is C17H25NO3. The number of hydrogen-bond acceptors (Lipinski definition) is 3. The van der Waals surface area contributed by atoms with E-state index in [1.165, 1.54) is 6.42 Å². The van der Waals surface area contributed by atoms with Crippen LogP contribution >= 0.6 is 0 Å². The summed E-state index contributed by atoms with van der Waals surface area (Å²) in [5, 5.41) is 9.65. The van der Waals surface area contributed by atoms with Gasteiger partial charge < -0.3 is 9.84 Å². The number of nitrogens with zero attached hydrogens (tertiary/aromatic N) is 1. The van der Waals surface area contributed by atoms with Crippen molar-refractivity contribution in [1.82, 2.24) is 4.90 Å². The number of benzene rings is 1. The number of aliphatic carboxylic acids is 1. The Balaban J connectivity index is 2.20. The van der Waals surface area contributed by atoms with Gasteiger partial charge in [0.2, 0.25) is 0 Å². The molecule has 1 aliphatic rings. The highest BCUT2D eigenvalue weighted by atomic mass is 16.5. The average Bonchev–Trinajstić information content (AvgIpc) is 2.40. The Labute approximate surface area is 126 Å². The lowest BCUT2D eigenvalue weighted by molar-refractivity contribution is -0.144. The highest BCUT2D eigenvalue weighted by Gasteiger charge is 2.32. The number of carboxylic acids is 1. The molecule has 3 unspecified atom stereocenters. The summed E-state index contributed by atoms with van der Waals surface area (Å²) in [4.78, 5) is 13.8. The van der Waals surface area contributed by atoms with Gasteiger partial charge in [-0.2, -0.15) is 0 Å². The Kier molecular flexibility index (Phi) is 5.23. The van der Waals surface area contributed by atoms with Crippen molar-refractivity contribution in [3.8, 4) is 5.75 Å². The van der Waals surface area contributed by atoms with Gasteiger partial charge >= 0.3 is 5.97 Å². The zero-order valence-electron chi connectivity index (χ0n) is 13.1. The molecule has 1 aromatic carbocycles. The number of ether oxygens (including phenoxy) is 1. The van der Waals surface area contributed by atoms with Crippen molar-refractivity contribution in [1.29, 1.82) is 0 Å². The van der Waals surface area contributed by atoms with Gasteiger partial charge in [0.1, 0.15) is 11.8 Å². The van der Waals surface area contributed by atoms with Gasteiger partial charge in [-0.1, -0.05) is 26.0 Å². The summed E-state index contributed by atoms with van der Waals surface area (Å²) in [7, 11) is 0. The minimum Gasteiger partial charge on any atom is -0.494 e. The third-order valence-corrected chi connectivity index (χ3v) is 4.00. The molecule has 1 N–H and O–H groups in total. The van der Waals surface area contributed by atoms with Crippen molar-refractivity contribution in [3.63, 3.8) is 0 Å². The maximum atomic E-state index is 11.8. The van der Waals surface area contributed by atoms with E-state index in [4.69, 9.17) is 4.74 Å². The molecule has 0 bridgehead atoms. The normalized spacial score (nSPS) is 24.5. The summed E-state index contributed by atoms with van der Waals surface area (Å²) in [6.45, 7) is 8.62. The van der Waals surface area contributed by atoms with Crippen molar-refractivity contribution in [3.05, 3.63) is 29.8 Å². The van der Waals surface area contributed by atoms with E-state index in [1.807, 2.05) is 31.2 Å². The molecule has 1 fully saturated rings. The molecule has 116 valence electrons. The molecule has 21 heavy (non-hydrogen) atoms. The predicted molar refractivity (Wildman–Crippen MR) is 82.5 cm³/mol. The Morgan fingerprint density at radius 1 is 1.29 bits per heavy atom. The molecule has 0 saturated carbocycles. The zero-order valence-corrected chi connectivity index (χ0v) is 13.1. The molecule has 1 aliphatic heterocycles. The Morgan fingerprint density at radius 3 is 2.33 bits per heavy atom. The number of likely N-dealkylation sites (tertiary alicyclic amines) is 1. The van der Waals surface area contributed by atoms with E-state index >= 15 is 0 Å². The van der Waals surface area contributed by atoms with Crippen molar-refractivity contribution < 1.29 is 14.6 Å². The topological polar surface area (TPSA) is 49.8 Å². The first-order valence-electron chi connectivity index (χ1n) is 7.70. The lowest BCUT2D eigenvalue weighted by atomic mass is 9.89. The van der Waals surface area contributed by atoms with Gasteiger partial charge in [0.05, 0.1) is 6.61 Å². The lowest BCUT2D eigenvalue weighted by Gasteiger charge is -2.38. The van der Waals surface area contributed by atoms with Gasteiger partial charge in [-0.25, -0.2) is 0 Å². The second-order valence-electron chi connectivity index (χ2n) is 6.14. The standard InChI is InChI=1S/C17H25NO3/c1-4-21-15-7-5-14(6-8-15)16(17(19)20)18-10-12(2)9-13(3)11-18/h5-8,12-13,16H,4,9-11H2,1-3H3,(H,19,20). The monoisotopic (exact) mass is 291 g/mol. The number of rotatable bonds is 5. The summed E-state index contributed by atoms with van der Waals surface area (Å²) < 4.78 is 5.42. The number of carbonyl (C=O) groups is 1. The second kappa shape index (κ2) is 6.94. The summed E-state index contributed by atoms with van der Waals surface area (Å²) in [6, 6.07) is 6.88. The molecule has 3 atom stereocenters. The molecule has 1 heterocycles. The largest absolute Gasteiger partial charge is 0.494 e. The van der Waals surface area contributed by atoms with Crippen molar-refractivity contribution in [2.75, 3.05) is 19.7 Å². The average molecular weight is 291 g/mol. The first-order chi connectivity index (χ1) is 10.0. The Bertz CT molecular complexity index is 461. The van der Waals surface area contributed by atoms with Crippen molar-refractivity contribution in [2.24, 2.45) is 11.8 Å². The zero-order chi connectivity index (χ0) is 15.4. The number of carboxylic acid groups (broad SMARTS) is 1. The van der Waals surface area contributed by atoms with E-state index in [0.717, 1.165) is 24.4 Å². The van der Waals surface area contributed by atoms with Crippen LogP contribution in [0.2, 0.25) is 0 Å². The molecule has 4 heteroatoms. The van der Waals surface area contributed by atoms with Crippen LogP contribution in [0.5, 0.6) is 5.75 Å². The summed E-state index contributed by atoms with van der Waals surface area (Å²) >= 11 is 0. The van der Waals surface area contributed by atoms with Crippen LogP contribution in [0.15, 0.2) is 24.3 Å². The summed E-state index contributed by atoms with van der Waals surface area (Å²) in [5.74, 6) is 1.09. The minimum absolute atomic E-state index is 0.540. The molecule has 4 nitrogen and oxygen atoms in total. The highest BCUT2D eigenvalue weighted by molar-refractivity contribution is 5.75. The number of piperidine rings is 1. The molecule has 0 aromatic heterocycles. The molecule has 0 radical (unpaired) electrons. The summed E-state index contributed by atoms with van der Waals surface area (Å²) in [5.41, 5.74) is 0.826. The highest BCUT2D eigenvalue weighted by Crippen LogP contribution is 2.30. The van der Waals surface area contributed by atoms with Crippen LogP contribution < -0.4 is 4.74 Å². The predicted octanol–water partition coefficient (Wildman–Crippen LogP) is 3.19. The fourth-order valence-electron chi connectivity index (χ4n) is 3.34. The van der Waals surface area contributed by atoms with Gasteiger partial charge in [-0.05, 0) is 42.9 Å². The Hall–Kier alpha value is -1.55. The molecule has 0 amide bonds. The maximum Gasteiger partial charge on any atom is 0.325 e. The van der Waals surface area contributed by atoms with Gasteiger partial charge in [0.25, 0.3) is 0 Å². The molecule has 1 saturated heterocycles. The van der Waals surface area contributed by atoms with Gasteiger partial charge in [0.15, 0.2) is 0 Å². The molecule has 2 rings (SSSR count). The van der Waals surface area contributed by atoms with Crippen LogP contribution in [0.3, 0.4) is 0 Å². The fourth-order valence-corrected chi connectivity index (χ4v) is 3.34. The lowest BCUT2D eigenvalue weighted by Crippen LogP contribution is -2.43. The quantitative estimate of drug-likeness (QED) is 0.905. The van der Waals surface area contributed by atoms with Crippen LogP contribution in [0.1, 0.15) is 38.8 Å². The molecule has 0 spiro atoms. The first kappa shape index (κ1) is 15.8. The van der Waals surface area contributed by atoms with E-state index in [0.29, 0.717) is 18.4 Å².